The molecule has 29 heavy (non-hydrogen) atoms. The Morgan fingerprint density at radius 3 is 2.48 bits per heavy atom. The summed E-state index contributed by atoms with van der Waals surface area (Å²) in [5.41, 5.74) is 1.32. The van der Waals surface area contributed by atoms with Crippen molar-refractivity contribution in [3.05, 3.63) is 82.6 Å². The summed E-state index contributed by atoms with van der Waals surface area (Å²) in [6, 6.07) is 11.0. The Bertz CT molecular complexity index is 1080. The van der Waals surface area contributed by atoms with E-state index in [1.165, 1.54) is 10.4 Å². The van der Waals surface area contributed by atoms with Gasteiger partial charge in [0.1, 0.15) is 11.6 Å². The van der Waals surface area contributed by atoms with Gasteiger partial charge in [-0.2, -0.15) is 4.31 Å². The van der Waals surface area contributed by atoms with Crippen molar-refractivity contribution in [3.8, 4) is 0 Å². The predicted molar refractivity (Wildman–Crippen MR) is 112 cm³/mol. The third-order valence-corrected chi connectivity index (χ3v) is 7.08. The number of benzene rings is 2. The average Bonchev–Trinajstić information content (AvgIpc) is 3.09. The molecule has 0 atom stereocenters. The minimum atomic E-state index is -3.72. The summed E-state index contributed by atoms with van der Waals surface area (Å²) in [4.78, 5) is 4.54. The average molecular weight is 436 g/mol. The molecular weight excluding hydrogens is 413 g/mol. The Balaban J connectivity index is 1.91. The molecule has 0 amide bonds. The van der Waals surface area contributed by atoms with Crippen LogP contribution >= 0.6 is 11.6 Å². The van der Waals surface area contributed by atoms with Crippen molar-refractivity contribution in [2.75, 3.05) is 0 Å². The Morgan fingerprint density at radius 2 is 1.86 bits per heavy atom. The van der Waals surface area contributed by atoms with Crippen LogP contribution in [0.2, 0.25) is 5.02 Å². The Labute approximate surface area is 175 Å². The lowest BCUT2D eigenvalue weighted by atomic mass is 10.2. The number of sulfonamides is 1. The third kappa shape index (κ3) is 4.69. The van der Waals surface area contributed by atoms with Crippen molar-refractivity contribution in [1.82, 2.24) is 13.9 Å². The molecule has 3 aromatic rings. The predicted octanol–water partition coefficient (Wildman–Crippen LogP) is 4.63. The SMILES string of the molecule is Cc1ccc(S(=O)(=O)N(Cc2nccn2Cc2c(F)cccc2Cl)C(C)C)cc1. The number of rotatable bonds is 7. The van der Waals surface area contributed by atoms with Crippen molar-refractivity contribution in [2.45, 2.75) is 44.8 Å². The fourth-order valence-electron chi connectivity index (χ4n) is 3.02. The standard InChI is InChI=1S/C21H23ClFN3O2S/c1-15(2)26(29(27,28)17-9-7-16(3)8-10-17)14-21-24-11-12-25(21)13-18-19(22)5-4-6-20(18)23/h4-12,15H,13-14H2,1-3H3. The molecule has 1 aromatic heterocycles. The van der Waals surface area contributed by atoms with Crippen LogP contribution in [-0.2, 0) is 23.1 Å². The largest absolute Gasteiger partial charge is 0.329 e. The minimum absolute atomic E-state index is 0.0624. The van der Waals surface area contributed by atoms with Gasteiger partial charge in [-0.25, -0.2) is 17.8 Å². The van der Waals surface area contributed by atoms with Gasteiger partial charge in [-0.15, -0.1) is 0 Å². The van der Waals surface area contributed by atoms with Gasteiger partial charge in [0.05, 0.1) is 18.0 Å². The molecule has 3 rings (SSSR count). The van der Waals surface area contributed by atoms with E-state index in [-0.39, 0.29) is 24.0 Å². The quantitative estimate of drug-likeness (QED) is 0.543. The first kappa shape index (κ1) is 21.5. The number of nitrogens with zero attached hydrogens (tertiary/aromatic N) is 3. The zero-order valence-corrected chi connectivity index (χ0v) is 18.1. The monoisotopic (exact) mass is 435 g/mol. The highest BCUT2D eigenvalue weighted by Crippen LogP contribution is 2.23. The first-order chi connectivity index (χ1) is 13.7. The maximum absolute atomic E-state index is 14.2. The second kappa shape index (κ2) is 8.65. The fourth-order valence-corrected chi connectivity index (χ4v) is 4.83. The molecule has 0 bridgehead atoms. The molecule has 0 aliphatic rings. The molecule has 0 spiro atoms. The fraction of sp³-hybridized carbons (Fsp3) is 0.286. The molecule has 0 unspecified atom stereocenters. The van der Waals surface area contributed by atoms with Crippen LogP contribution in [0.15, 0.2) is 59.8 Å². The number of aryl methyl sites for hydroxylation is 1. The molecule has 0 aliphatic heterocycles. The number of hydrogen-bond donors (Lipinski definition) is 0. The molecular formula is C21H23ClFN3O2S. The molecule has 0 saturated heterocycles. The third-order valence-electron chi connectivity index (χ3n) is 4.69. The maximum Gasteiger partial charge on any atom is 0.243 e. The molecule has 5 nitrogen and oxygen atoms in total. The molecule has 0 aliphatic carbocycles. The van der Waals surface area contributed by atoms with Crippen LogP contribution in [0.1, 0.15) is 30.8 Å². The molecule has 154 valence electrons. The van der Waals surface area contributed by atoms with Crippen molar-refractivity contribution in [1.29, 1.82) is 0 Å². The van der Waals surface area contributed by atoms with E-state index in [9.17, 15) is 12.8 Å². The number of aromatic nitrogens is 2. The summed E-state index contributed by atoms with van der Waals surface area (Å²) >= 11 is 6.14. The lowest BCUT2D eigenvalue weighted by molar-refractivity contribution is 0.336. The van der Waals surface area contributed by atoms with Gasteiger partial charge in [-0.1, -0.05) is 35.4 Å². The van der Waals surface area contributed by atoms with Crippen LogP contribution in [0, 0.1) is 12.7 Å². The van der Waals surface area contributed by atoms with Crippen LogP contribution in [0.5, 0.6) is 0 Å². The smallest absolute Gasteiger partial charge is 0.243 e. The first-order valence-electron chi connectivity index (χ1n) is 9.21. The lowest BCUT2D eigenvalue weighted by Gasteiger charge is -2.26. The van der Waals surface area contributed by atoms with Gasteiger partial charge in [-0.05, 0) is 45.0 Å². The Morgan fingerprint density at radius 1 is 1.17 bits per heavy atom. The minimum Gasteiger partial charge on any atom is -0.329 e. The summed E-state index contributed by atoms with van der Waals surface area (Å²) in [5.74, 6) is 0.0962. The van der Waals surface area contributed by atoms with E-state index in [0.29, 0.717) is 16.4 Å². The van der Waals surface area contributed by atoms with Gasteiger partial charge < -0.3 is 4.57 Å². The Hall–Kier alpha value is -2.22. The van der Waals surface area contributed by atoms with Crippen LogP contribution in [0.25, 0.3) is 0 Å². The zero-order chi connectivity index (χ0) is 21.2. The van der Waals surface area contributed by atoms with Crippen LogP contribution < -0.4 is 0 Å². The number of imidazole rings is 1. The van der Waals surface area contributed by atoms with Crippen molar-refractivity contribution < 1.29 is 12.8 Å². The van der Waals surface area contributed by atoms with E-state index < -0.39 is 15.8 Å². The summed E-state index contributed by atoms with van der Waals surface area (Å²) in [6.07, 6.45) is 3.26. The van der Waals surface area contributed by atoms with Gasteiger partial charge in [0.2, 0.25) is 10.0 Å². The summed E-state index contributed by atoms with van der Waals surface area (Å²) in [6.45, 7) is 5.76. The van der Waals surface area contributed by atoms with Crippen LogP contribution in [0.4, 0.5) is 4.39 Å². The maximum atomic E-state index is 14.2. The zero-order valence-electron chi connectivity index (χ0n) is 16.5. The summed E-state index contributed by atoms with van der Waals surface area (Å²) < 4.78 is 43.7. The second-order valence-corrected chi connectivity index (χ2v) is 9.43. The first-order valence-corrected chi connectivity index (χ1v) is 11.0. The summed E-state index contributed by atoms with van der Waals surface area (Å²) in [7, 11) is -3.72. The van der Waals surface area contributed by atoms with E-state index in [4.69, 9.17) is 11.6 Å². The van der Waals surface area contributed by atoms with Crippen molar-refractivity contribution in [3.63, 3.8) is 0 Å². The van der Waals surface area contributed by atoms with Gasteiger partial charge in [0.15, 0.2) is 0 Å². The van der Waals surface area contributed by atoms with Gasteiger partial charge in [-0.3, -0.25) is 0 Å². The highest BCUT2D eigenvalue weighted by molar-refractivity contribution is 7.89. The highest BCUT2D eigenvalue weighted by atomic mass is 35.5. The van der Waals surface area contributed by atoms with E-state index in [1.807, 2.05) is 20.8 Å². The Kier molecular flexibility index (Phi) is 6.41. The van der Waals surface area contributed by atoms with E-state index in [0.717, 1.165) is 5.56 Å². The molecule has 2 aromatic carbocycles. The molecule has 1 heterocycles. The van der Waals surface area contributed by atoms with Crippen molar-refractivity contribution >= 4 is 21.6 Å². The van der Waals surface area contributed by atoms with Gasteiger partial charge >= 0.3 is 0 Å². The molecule has 0 radical (unpaired) electrons. The van der Waals surface area contributed by atoms with E-state index >= 15 is 0 Å². The normalized spacial score (nSPS) is 12.1. The van der Waals surface area contributed by atoms with E-state index in [2.05, 4.69) is 4.98 Å². The topological polar surface area (TPSA) is 55.2 Å². The second-order valence-electron chi connectivity index (χ2n) is 7.13. The number of halogens is 2. The molecule has 0 fully saturated rings. The van der Waals surface area contributed by atoms with Crippen LogP contribution in [0.3, 0.4) is 0 Å². The van der Waals surface area contributed by atoms with Gasteiger partial charge in [0.25, 0.3) is 0 Å². The molecule has 0 saturated carbocycles. The van der Waals surface area contributed by atoms with Crippen LogP contribution in [-0.4, -0.2) is 28.3 Å². The van der Waals surface area contributed by atoms with Gasteiger partial charge in [0, 0.05) is 29.0 Å². The highest BCUT2D eigenvalue weighted by Gasteiger charge is 2.28. The lowest BCUT2D eigenvalue weighted by Crippen LogP contribution is -2.37. The molecule has 8 heteroatoms. The van der Waals surface area contributed by atoms with Crippen molar-refractivity contribution in [2.24, 2.45) is 0 Å². The summed E-state index contributed by atoms with van der Waals surface area (Å²) in [5, 5.41) is 0.317. The molecule has 0 N–H and O–H groups in total. The number of hydrogen-bond acceptors (Lipinski definition) is 3. The van der Waals surface area contributed by atoms with E-state index in [1.54, 1.807) is 53.4 Å².